The summed E-state index contributed by atoms with van der Waals surface area (Å²) in [4.78, 5) is 20.2. The van der Waals surface area contributed by atoms with Crippen LogP contribution in [0.5, 0.6) is 0 Å². The summed E-state index contributed by atoms with van der Waals surface area (Å²) in [5.74, 6) is -2.11. The Bertz CT molecular complexity index is 190. The maximum absolute atomic E-state index is 10.1. The lowest BCUT2D eigenvalue weighted by Gasteiger charge is -2.13. The summed E-state index contributed by atoms with van der Waals surface area (Å²) in [5, 5.41) is 16.6. The van der Waals surface area contributed by atoms with E-state index in [1.807, 2.05) is 0 Å². The van der Waals surface area contributed by atoms with Crippen molar-refractivity contribution in [3.63, 3.8) is 0 Å². The minimum atomic E-state index is -1.06. The zero-order chi connectivity index (χ0) is 11.0. The number of ether oxygens (including phenoxy) is 2. The van der Waals surface area contributed by atoms with Gasteiger partial charge in [-0.15, -0.1) is 0 Å². The van der Waals surface area contributed by atoms with E-state index in [2.05, 4.69) is 0 Å². The zero-order valence-electron chi connectivity index (χ0n) is 7.93. The van der Waals surface area contributed by atoms with Gasteiger partial charge in [0.05, 0.1) is 12.7 Å². The predicted molar refractivity (Wildman–Crippen MR) is 46.1 cm³/mol. The summed E-state index contributed by atoms with van der Waals surface area (Å²) in [5.41, 5.74) is 0. The normalized spacial score (nSPS) is 12.4. The molecule has 0 heterocycles. The van der Waals surface area contributed by atoms with Gasteiger partial charge < -0.3 is 19.7 Å². The van der Waals surface area contributed by atoms with E-state index in [1.165, 1.54) is 0 Å². The van der Waals surface area contributed by atoms with Gasteiger partial charge in [0.25, 0.3) is 0 Å². The van der Waals surface area contributed by atoms with Crippen LogP contribution in [0.4, 0.5) is 0 Å². The van der Waals surface area contributed by atoms with Crippen molar-refractivity contribution < 1.29 is 29.3 Å². The minimum absolute atomic E-state index is 0.0933. The fraction of sp³-hybridized carbons (Fsp3) is 0.750. The lowest BCUT2D eigenvalue weighted by atomic mass is 10.3. The molecule has 0 rings (SSSR count). The monoisotopic (exact) mass is 206 g/mol. The Morgan fingerprint density at radius 2 is 1.79 bits per heavy atom. The Hall–Kier alpha value is -1.14. The Morgan fingerprint density at radius 3 is 2.21 bits per heavy atom. The molecule has 0 aromatic rings. The van der Waals surface area contributed by atoms with E-state index in [-0.39, 0.29) is 12.7 Å². The second-order valence-corrected chi connectivity index (χ2v) is 2.64. The van der Waals surface area contributed by atoms with Crippen LogP contribution >= 0.6 is 0 Å². The molecular formula is C8H14O6. The summed E-state index contributed by atoms with van der Waals surface area (Å²) in [6.07, 6.45) is 0.206. The molecule has 0 bridgehead atoms. The smallest absolute Gasteiger partial charge is 0.329 e. The summed E-state index contributed by atoms with van der Waals surface area (Å²) >= 11 is 0. The molecule has 0 aliphatic carbocycles. The Kier molecular flexibility index (Phi) is 6.69. The molecule has 0 radical (unpaired) electrons. The Labute approximate surface area is 81.4 Å². The SMILES string of the molecule is CCC(COCC(=O)O)OCC(=O)O. The summed E-state index contributed by atoms with van der Waals surface area (Å²) < 4.78 is 9.68. The highest BCUT2D eigenvalue weighted by atomic mass is 16.5. The molecule has 0 amide bonds. The van der Waals surface area contributed by atoms with Gasteiger partial charge in [0.15, 0.2) is 0 Å². The lowest BCUT2D eigenvalue weighted by molar-refractivity contribution is -0.149. The second kappa shape index (κ2) is 7.28. The van der Waals surface area contributed by atoms with Crippen LogP contribution in [0.3, 0.4) is 0 Å². The lowest BCUT2D eigenvalue weighted by Crippen LogP contribution is -2.24. The average molecular weight is 206 g/mol. The fourth-order valence-corrected chi connectivity index (χ4v) is 0.751. The first-order chi connectivity index (χ1) is 6.56. The van der Waals surface area contributed by atoms with Gasteiger partial charge in [0, 0.05) is 0 Å². The summed E-state index contributed by atoms with van der Waals surface area (Å²) in [6, 6.07) is 0. The largest absolute Gasteiger partial charge is 0.480 e. The number of aliphatic carboxylic acids is 2. The van der Waals surface area contributed by atoms with Crippen molar-refractivity contribution in [3.05, 3.63) is 0 Å². The van der Waals surface area contributed by atoms with Gasteiger partial charge in [-0.2, -0.15) is 0 Å². The first-order valence-corrected chi connectivity index (χ1v) is 4.19. The molecule has 0 aromatic carbocycles. The van der Waals surface area contributed by atoms with Gasteiger partial charge in [-0.25, -0.2) is 9.59 Å². The van der Waals surface area contributed by atoms with Crippen molar-refractivity contribution in [2.45, 2.75) is 19.4 Å². The average Bonchev–Trinajstić information content (AvgIpc) is 2.10. The number of hydrogen-bond acceptors (Lipinski definition) is 4. The van der Waals surface area contributed by atoms with Crippen molar-refractivity contribution in [1.29, 1.82) is 0 Å². The highest BCUT2D eigenvalue weighted by Crippen LogP contribution is 1.98. The first-order valence-electron chi connectivity index (χ1n) is 4.19. The van der Waals surface area contributed by atoms with Gasteiger partial charge in [-0.3, -0.25) is 0 Å². The highest BCUT2D eigenvalue weighted by Gasteiger charge is 2.09. The molecule has 2 N–H and O–H groups in total. The highest BCUT2D eigenvalue weighted by molar-refractivity contribution is 5.68. The van der Waals surface area contributed by atoms with Gasteiger partial charge in [-0.05, 0) is 6.42 Å². The van der Waals surface area contributed by atoms with E-state index >= 15 is 0 Å². The molecule has 14 heavy (non-hydrogen) atoms. The third-order valence-electron chi connectivity index (χ3n) is 1.43. The molecule has 82 valence electrons. The molecule has 0 spiro atoms. The van der Waals surface area contributed by atoms with E-state index in [9.17, 15) is 9.59 Å². The molecule has 0 aromatic heterocycles. The third kappa shape index (κ3) is 7.51. The number of rotatable bonds is 8. The van der Waals surface area contributed by atoms with E-state index < -0.39 is 25.2 Å². The van der Waals surface area contributed by atoms with Crippen molar-refractivity contribution in [2.24, 2.45) is 0 Å². The van der Waals surface area contributed by atoms with Gasteiger partial charge in [0.2, 0.25) is 0 Å². The summed E-state index contributed by atoms with van der Waals surface area (Å²) in [7, 11) is 0. The van der Waals surface area contributed by atoms with E-state index in [1.54, 1.807) is 6.92 Å². The van der Waals surface area contributed by atoms with Crippen molar-refractivity contribution in [2.75, 3.05) is 19.8 Å². The van der Waals surface area contributed by atoms with Crippen LogP contribution in [-0.4, -0.2) is 48.1 Å². The van der Waals surface area contributed by atoms with Crippen LogP contribution in [0.15, 0.2) is 0 Å². The molecule has 0 aliphatic rings. The van der Waals surface area contributed by atoms with Gasteiger partial charge in [-0.1, -0.05) is 6.92 Å². The number of carboxylic acids is 2. The molecule has 0 saturated carbocycles. The van der Waals surface area contributed by atoms with Gasteiger partial charge in [0.1, 0.15) is 13.2 Å². The van der Waals surface area contributed by atoms with Crippen LogP contribution in [0.2, 0.25) is 0 Å². The molecular weight excluding hydrogens is 192 g/mol. The molecule has 6 heteroatoms. The molecule has 1 atom stereocenters. The third-order valence-corrected chi connectivity index (χ3v) is 1.43. The van der Waals surface area contributed by atoms with E-state index in [0.29, 0.717) is 6.42 Å². The molecule has 6 nitrogen and oxygen atoms in total. The Morgan fingerprint density at radius 1 is 1.21 bits per heavy atom. The number of carboxylic acid groups (broad SMARTS) is 2. The maximum Gasteiger partial charge on any atom is 0.329 e. The second-order valence-electron chi connectivity index (χ2n) is 2.64. The number of hydrogen-bond donors (Lipinski definition) is 2. The van der Waals surface area contributed by atoms with Crippen LogP contribution in [0.25, 0.3) is 0 Å². The fourth-order valence-electron chi connectivity index (χ4n) is 0.751. The predicted octanol–water partition coefficient (Wildman–Crippen LogP) is -0.0326. The standard InChI is InChI=1S/C8H14O6/c1-2-6(14-5-8(11)12)3-13-4-7(9)10/h6H,2-5H2,1H3,(H,9,10)(H,11,12). The van der Waals surface area contributed by atoms with Crippen molar-refractivity contribution in [3.8, 4) is 0 Å². The molecule has 0 aliphatic heterocycles. The zero-order valence-corrected chi connectivity index (χ0v) is 7.93. The topological polar surface area (TPSA) is 93.1 Å². The molecule has 1 unspecified atom stereocenters. The minimum Gasteiger partial charge on any atom is -0.480 e. The van der Waals surface area contributed by atoms with Gasteiger partial charge >= 0.3 is 11.9 Å². The molecule has 0 fully saturated rings. The molecule has 0 saturated heterocycles. The maximum atomic E-state index is 10.1. The quantitative estimate of drug-likeness (QED) is 0.579. The van der Waals surface area contributed by atoms with Crippen LogP contribution in [0, 0.1) is 0 Å². The number of carbonyl (C=O) groups is 2. The summed E-state index contributed by atoms with van der Waals surface area (Å²) in [6.45, 7) is 1.11. The van der Waals surface area contributed by atoms with Crippen LogP contribution in [-0.2, 0) is 19.1 Å². The van der Waals surface area contributed by atoms with Crippen molar-refractivity contribution in [1.82, 2.24) is 0 Å². The Balaban J connectivity index is 3.57. The van der Waals surface area contributed by atoms with E-state index in [4.69, 9.17) is 19.7 Å². The first kappa shape index (κ1) is 12.9. The van der Waals surface area contributed by atoms with E-state index in [0.717, 1.165) is 0 Å². The van der Waals surface area contributed by atoms with Crippen LogP contribution < -0.4 is 0 Å². The van der Waals surface area contributed by atoms with Crippen molar-refractivity contribution >= 4 is 11.9 Å². The van der Waals surface area contributed by atoms with Crippen LogP contribution in [0.1, 0.15) is 13.3 Å².